The second kappa shape index (κ2) is 8.69. The molecule has 1 unspecified atom stereocenters. The monoisotopic (exact) mass is 424 g/mol. The second-order valence-corrected chi connectivity index (χ2v) is 9.33. The Morgan fingerprint density at radius 1 is 1.32 bits per heavy atom. The van der Waals surface area contributed by atoms with E-state index in [2.05, 4.69) is 34.9 Å². The van der Waals surface area contributed by atoms with Crippen molar-refractivity contribution >= 4 is 10.9 Å². The predicted octanol–water partition coefficient (Wildman–Crippen LogP) is 4.34. The van der Waals surface area contributed by atoms with Gasteiger partial charge >= 0.3 is 0 Å². The molecule has 1 aliphatic heterocycles. The molecule has 0 radical (unpaired) electrons. The summed E-state index contributed by atoms with van der Waals surface area (Å²) in [5.74, 6) is 0.235. The quantitative estimate of drug-likeness (QED) is 0.578. The van der Waals surface area contributed by atoms with E-state index in [4.69, 9.17) is 0 Å². The highest BCUT2D eigenvalue weighted by atomic mass is 19.1. The number of aliphatic hydroxyl groups is 1. The lowest BCUT2D eigenvalue weighted by molar-refractivity contribution is 0.000853. The van der Waals surface area contributed by atoms with E-state index in [1.807, 2.05) is 38.2 Å². The Labute approximate surface area is 183 Å². The standard InChI is InChI=1S/C25H33FN4O/c1-15(2)29(5)25(31)21-10-20(26)6-7-22(21)30-14-19(9-18-8-17(4)28-12-18)24-16(3)11-27-13-23(24)30/h6-7,10-11,13-15,17-18,25,28,31H,8-9,12H2,1-5H3/t17-,18+,25?/m1/s1. The van der Waals surface area contributed by atoms with Crippen LogP contribution in [0.5, 0.6) is 0 Å². The van der Waals surface area contributed by atoms with E-state index < -0.39 is 6.23 Å². The van der Waals surface area contributed by atoms with Crippen LogP contribution in [0.3, 0.4) is 0 Å². The number of nitrogens with zero attached hydrogens (tertiary/aromatic N) is 3. The highest BCUT2D eigenvalue weighted by Crippen LogP contribution is 2.34. The maximum Gasteiger partial charge on any atom is 0.135 e. The summed E-state index contributed by atoms with van der Waals surface area (Å²) in [5.41, 5.74) is 4.73. The number of aliphatic hydroxyl groups excluding tert-OH is 1. The molecule has 3 atom stereocenters. The van der Waals surface area contributed by atoms with Crippen molar-refractivity contribution in [2.45, 2.75) is 58.8 Å². The van der Waals surface area contributed by atoms with Crippen LogP contribution < -0.4 is 5.32 Å². The fourth-order valence-electron chi connectivity index (χ4n) is 4.75. The molecule has 0 saturated carbocycles. The Morgan fingerprint density at radius 2 is 2.10 bits per heavy atom. The van der Waals surface area contributed by atoms with Crippen molar-refractivity contribution in [1.29, 1.82) is 0 Å². The molecule has 1 aliphatic rings. The van der Waals surface area contributed by atoms with Gasteiger partial charge in [0, 0.05) is 35.4 Å². The van der Waals surface area contributed by atoms with Crippen molar-refractivity contribution < 1.29 is 9.50 Å². The molecule has 2 N–H and O–H groups in total. The molecule has 166 valence electrons. The first-order valence-electron chi connectivity index (χ1n) is 11.1. The largest absolute Gasteiger partial charge is 0.374 e. The molecule has 0 bridgehead atoms. The first-order valence-corrected chi connectivity index (χ1v) is 11.1. The van der Waals surface area contributed by atoms with E-state index in [0.717, 1.165) is 36.2 Å². The van der Waals surface area contributed by atoms with Gasteiger partial charge in [-0.1, -0.05) is 0 Å². The molecule has 3 heterocycles. The molecule has 2 aromatic heterocycles. The summed E-state index contributed by atoms with van der Waals surface area (Å²) in [7, 11) is 1.85. The van der Waals surface area contributed by atoms with E-state index in [1.54, 1.807) is 6.07 Å². The number of fused-ring (bicyclic) bond motifs is 1. The Morgan fingerprint density at radius 3 is 2.77 bits per heavy atom. The van der Waals surface area contributed by atoms with Gasteiger partial charge in [-0.05, 0) is 89.4 Å². The van der Waals surface area contributed by atoms with Crippen molar-refractivity contribution in [3.63, 3.8) is 0 Å². The number of hydrogen-bond donors (Lipinski definition) is 2. The number of aromatic nitrogens is 2. The molecule has 4 rings (SSSR count). The number of pyridine rings is 1. The predicted molar refractivity (Wildman–Crippen MR) is 123 cm³/mol. The van der Waals surface area contributed by atoms with Crippen molar-refractivity contribution in [2.24, 2.45) is 5.92 Å². The van der Waals surface area contributed by atoms with Crippen LogP contribution in [0.2, 0.25) is 0 Å². The number of hydrogen-bond acceptors (Lipinski definition) is 4. The summed E-state index contributed by atoms with van der Waals surface area (Å²) in [5, 5.41) is 15.8. The average molecular weight is 425 g/mol. The number of benzene rings is 1. The summed E-state index contributed by atoms with van der Waals surface area (Å²) in [4.78, 5) is 6.26. The maximum atomic E-state index is 14.2. The highest BCUT2D eigenvalue weighted by Gasteiger charge is 2.25. The average Bonchev–Trinajstić information content (AvgIpc) is 3.31. The number of halogens is 1. The zero-order valence-corrected chi connectivity index (χ0v) is 19.1. The van der Waals surface area contributed by atoms with Crippen LogP contribution in [-0.4, -0.2) is 45.2 Å². The summed E-state index contributed by atoms with van der Waals surface area (Å²) >= 11 is 0. The van der Waals surface area contributed by atoms with Crippen LogP contribution in [0.1, 0.15) is 50.1 Å². The molecule has 1 fully saturated rings. The summed E-state index contributed by atoms with van der Waals surface area (Å²) in [6.07, 6.45) is 7.16. The SMILES string of the molecule is Cc1cncc2c1c(C[C@H]1CN[C@H](C)C1)cn2-c1ccc(F)cc1C(O)N(C)C(C)C. The molecule has 1 aromatic carbocycles. The van der Waals surface area contributed by atoms with Crippen LogP contribution in [0.15, 0.2) is 36.8 Å². The molecule has 5 nitrogen and oxygen atoms in total. The van der Waals surface area contributed by atoms with Crippen LogP contribution in [0.25, 0.3) is 16.6 Å². The minimum atomic E-state index is -0.913. The molecule has 3 aromatic rings. The lowest BCUT2D eigenvalue weighted by Crippen LogP contribution is -2.31. The first kappa shape index (κ1) is 21.9. The summed E-state index contributed by atoms with van der Waals surface area (Å²) in [6.45, 7) is 9.36. The normalized spacial score (nSPS) is 20.3. The fourth-order valence-corrected chi connectivity index (χ4v) is 4.75. The van der Waals surface area contributed by atoms with E-state index in [1.165, 1.54) is 23.1 Å². The molecular weight excluding hydrogens is 391 g/mol. The van der Waals surface area contributed by atoms with Crippen molar-refractivity contribution in [3.8, 4) is 5.69 Å². The van der Waals surface area contributed by atoms with Gasteiger partial charge in [0.25, 0.3) is 0 Å². The second-order valence-electron chi connectivity index (χ2n) is 9.33. The number of nitrogens with one attached hydrogen (secondary N) is 1. The summed E-state index contributed by atoms with van der Waals surface area (Å²) < 4.78 is 16.3. The Bertz CT molecular complexity index is 1080. The molecule has 0 amide bonds. The van der Waals surface area contributed by atoms with Gasteiger partial charge in [0.05, 0.1) is 17.4 Å². The van der Waals surface area contributed by atoms with Crippen LogP contribution in [-0.2, 0) is 6.42 Å². The van der Waals surface area contributed by atoms with Crippen molar-refractivity contribution in [2.75, 3.05) is 13.6 Å². The van der Waals surface area contributed by atoms with E-state index in [9.17, 15) is 9.50 Å². The smallest absolute Gasteiger partial charge is 0.135 e. The van der Waals surface area contributed by atoms with E-state index in [0.29, 0.717) is 17.5 Å². The molecule has 6 heteroatoms. The topological polar surface area (TPSA) is 53.3 Å². The number of aryl methyl sites for hydroxylation is 1. The van der Waals surface area contributed by atoms with Gasteiger partial charge in [-0.3, -0.25) is 9.88 Å². The van der Waals surface area contributed by atoms with Gasteiger partial charge in [0.1, 0.15) is 12.0 Å². The Hall–Kier alpha value is -2.28. The van der Waals surface area contributed by atoms with Crippen LogP contribution in [0, 0.1) is 18.7 Å². The molecular formula is C25H33FN4O. The third kappa shape index (κ3) is 4.25. The minimum absolute atomic E-state index is 0.115. The molecule has 0 aliphatic carbocycles. The molecule has 0 spiro atoms. The van der Waals surface area contributed by atoms with Gasteiger partial charge in [-0.25, -0.2) is 4.39 Å². The van der Waals surface area contributed by atoms with Gasteiger partial charge in [0.15, 0.2) is 0 Å². The summed E-state index contributed by atoms with van der Waals surface area (Å²) in [6, 6.07) is 5.32. The lowest BCUT2D eigenvalue weighted by Gasteiger charge is -2.29. The fraction of sp³-hybridized carbons (Fsp3) is 0.480. The third-order valence-corrected chi connectivity index (χ3v) is 6.66. The zero-order valence-electron chi connectivity index (χ0n) is 19.1. The van der Waals surface area contributed by atoms with Crippen molar-refractivity contribution in [3.05, 3.63) is 59.3 Å². The Balaban J connectivity index is 1.84. The highest BCUT2D eigenvalue weighted by molar-refractivity contribution is 5.88. The van der Waals surface area contributed by atoms with Gasteiger partial charge in [0.2, 0.25) is 0 Å². The molecule has 31 heavy (non-hydrogen) atoms. The third-order valence-electron chi connectivity index (χ3n) is 6.66. The molecule has 1 saturated heterocycles. The minimum Gasteiger partial charge on any atom is -0.374 e. The Kier molecular flexibility index (Phi) is 6.15. The van der Waals surface area contributed by atoms with Crippen LogP contribution in [0.4, 0.5) is 4.39 Å². The van der Waals surface area contributed by atoms with Gasteiger partial charge in [-0.2, -0.15) is 0 Å². The van der Waals surface area contributed by atoms with Crippen molar-refractivity contribution in [1.82, 2.24) is 19.8 Å². The maximum absolute atomic E-state index is 14.2. The van der Waals surface area contributed by atoms with Crippen LogP contribution >= 0.6 is 0 Å². The van der Waals surface area contributed by atoms with E-state index >= 15 is 0 Å². The van der Waals surface area contributed by atoms with Gasteiger partial charge < -0.3 is 15.0 Å². The lowest BCUT2D eigenvalue weighted by atomic mass is 9.96. The van der Waals surface area contributed by atoms with Gasteiger partial charge in [-0.15, -0.1) is 0 Å². The zero-order chi connectivity index (χ0) is 22.3. The first-order chi connectivity index (χ1) is 14.8. The number of rotatable bonds is 6. The van der Waals surface area contributed by atoms with E-state index in [-0.39, 0.29) is 11.9 Å².